The molecule has 2 aliphatic rings. The Kier molecular flexibility index (Phi) is 6.97. The molecule has 0 spiro atoms. The lowest BCUT2D eigenvalue weighted by Gasteiger charge is -2.34. The largest absolute Gasteiger partial charge is 0.341 e. The molecule has 0 radical (unpaired) electrons. The molecule has 4 nitrogen and oxygen atoms in total. The number of hydrogen-bond donors (Lipinski definition) is 1. The van der Waals surface area contributed by atoms with Gasteiger partial charge in [-0.1, -0.05) is 20.3 Å². The highest BCUT2D eigenvalue weighted by Crippen LogP contribution is 2.16. The van der Waals surface area contributed by atoms with E-state index >= 15 is 0 Å². The Balaban J connectivity index is 1.81. The average Bonchev–Trinajstić information content (AvgIpc) is 2.48. The predicted octanol–water partition coefficient (Wildman–Crippen LogP) is 2.10. The van der Waals surface area contributed by atoms with Gasteiger partial charge in [0.15, 0.2) is 0 Å². The minimum Gasteiger partial charge on any atom is -0.341 e. The highest BCUT2D eigenvalue weighted by Gasteiger charge is 2.24. The van der Waals surface area contributed by atoms with Crippen molar-refractivity contribution in [1.29, 1.82) is 0 Å². The molecule has 1 amide bonds. The summed E-state index contributed by atoms with van der Waals surface area (Å²) < 4.78 is 0. The van der Waals surface area contributed by atoms with E-state index in [0.717, 1.165) is 39.1 Å². The standard InChI is InChI=1S/C17H33N3O/c1-3-10-19(13-16-8-4-5-9-18-16)14-17(21)20-11-6-7-15(2)12-20/h15-16,18H,3-14H2,1-2H3. The second-order valence-electron chi connectivity index (χ2n) is 6.97. The van der Waals surface area contributed by atoms with Crippen LogP contribution in [-0.4, -0.2) is 61.0 Å². The van der Waals surface area contributed by atoms with Gasteiger partial charge in [-0.2, -0.15) is 0 Å². The molecule has 0 saturated carbocycles. The molecular formula is C17H33N3O. The topological polar surface area (TPSA) is 35.6 Å². The third-order valence-corrected chi connectivity index (χ3v) is 4.80. The van der Waals surface area contributed by atoms with Crippen LogP contribution < -0.4 is 5.32 Å². The van der Waals surface area contributed by atoms with Crippen molar-refractivity contribution in [2.45, 2.75) is 58.4 Å². The summed E-state index contributed by atoms with van der Waals surface area (Å²) in [7, 11) is 0. The smallest absolute Gasteiger partial charge is 0.236 e. The van der Waals surface area contributed by atoms with Gasteiger partial charge in [-0.25, -0.2) is 0 Å². The molecule has 2 atom stereocenters. The van der Waals surface area contributed by atoms with Crippen molar-refractivity contribution >= 4 is 5.91 Å². The second-order valence-corrected chi connectivity index (χ2v) is 6.97. The maximum Gasteiger partial charge on any atom is 0.236 e. The molecule has 2 rings (SSSR count). The summed E-state index contributed by atoms with van der Waals surface area (Å²) in [5.74, 6) is 1.01. The van der Waals surface area contributed by atoms with Gasteiger partial charge in [-0.3, -0.25) is 9.69 Å². The summed E-state index contributed by atoms with van der Waals surface area (Å²) in [6.45, 7) is 10.2. The van der Waals surface area contributed by atoms with E-state index in [9.17, 15) is 4.79 Å². The molecule has 0 aromatic heterocycles. The van der Waals surface area contributed by atoms with Crippen LogP contribution >= 0.6 is 0 Å². The number of carbonyl (C=O) groups excluding carboxylic acids is 1. The van der Waals surface area contributed by atoms with E-state index in [2.05, 4.69) is 29.0 Å². The summed E-state index contributed by atoms with van der Waals surface area (Å²) in [4.78, 5) is 17.0. The summed E-state index contributed by atoms with van der Waals surface area (Å²) >= 11 is 0. The zero-order valence-electron chi connectivity index (χ0n) is 13.9. The summed E-state index contributed by atoms with van der Waals surface area (Å²) in [6, 6.07) is 0.582. The van der Waals surface area contributed by atoms with Crippen LogP contribution in [0.3, 0.4) is 0 Å². The van der Waals surface area contributed by atoms with Gasteiger partial charge in [0.05, 0.1) is 6.54 Å². The van der Waals surface area contributed by atoms with Gasteiger partial charge < -0.3 is 10.2 Å². The van der Waals surface area contributed by atoms with Gasteiger partial charge in [0.25, 0.3) is 0 Å². The SMILES string of the molecule is CCCN(CC(=O)N1CCCC(C)C1)CC1CCCCN1. The first-order chi connectivity index (χ1) is 10.2. The van der Waals surface area contributed by atoms with Crippen LogP contribution in [0, 0.1) is 5.92 Å². The molecule has 2 saturated heterocycles. The van der Waals surface area contributed by atoms with Gasteiger partial charge in [-0.15, -0.1) is 0 Å². The molecule has 122 valence electrons. The van der Waals surface area contributed by atoms with Gasteiger partial charge >= 0.3 is 0 Å². The quantitative estimate of drug-likeness (QED) is 0.815. The number of hydrogen-bond acceptors (Lipinski definition) is 3. The first-order valence-electron chi connectivity index (χ1n) is 8.92. The zero-order valence-corrected chi connectivity index (χ0v) is 13.9. The van der Waals surface area contributed by atoms with Crippen molar-refractivity contribution in [1.82, 2.24) is 15.1 Å². The molecule has 2 fully saturated rings. The molecule has 0 aromatic carbocycles. The fourth-order valence-electron chi connectivity index (χ4n) is 3.65. The highest BCUT2D eigenvalue weighted by molar-refractivity contribution is 5.78. The second kappa shape index (κ2) is 8.74. The maximum atomic E-state index is 12.5. The lowest BCUT2D eigenvalue weighted by Crippen LogP contribution is -2.49. The van der Waals surface area contributed by atoms with E-state index in [0.29, 0.717) is 24.4 Å². The molecule has 2 heterocycles. The fourth-order valence-corrected chi connectivity index (χ4v) is 3.65. The average molecular weight is 295 g/mol. The van der Waals surface area contributed by atoms with Crippen molar-refractivity contribution in [2.75, 3.05) is 39.3 Å². The van der Waals surface area contributed by atoms with Gasteiger partial charge in [0.1, 0.15) is 0 Å². The molecule has 21 heavy (non-hydrogen) atoms. The Labute approximate surface area is 130 Å². The van der Waals surface area contributed by atoms with Crippen molar-refractivity contribution in [3.8, 4) is 0 Å². The van der Waals surface area contributed by atoms with Crippen LogP contribution in [0.1, 0.15) is 52.4 Å². The Morgan fingerprint density at radius 3 is 2.81 bits per heavy atom. The number of rotatable bonds is 6. The van der Waals surface area contributed by atoms with E-state index in [1.807, 2.05) is 0 Å². The number of amides is 1. The van der Waals surface area contributed by atoms with Crippen molar-refractivity contribution < 1.29 is 4.79 Å². The van der Waals surface area contributed by atoms with E-state index in [1.54, 1.807) is 0 Å². The minimum absolute atomic E-state index is 0.339. The molecule has 4 heteroatoms. The first-order valence-corrected chi connectivity index (χ1v) is 8.92. The van der Waals surface area contributed by atoms with E-state index in [1.165, 1.54) is 32.1 Å². The van der Waals surface area contributed by atoms with Crippen LogP contribution in [0.2, 0.25) is 0 Å². The number of likely N-dealkylation sites (tertiary alicyclic amines) is 1. The number of carbonyl (C=O) groups is 1. The molecule has 2 aliphatic heterocycles. The first kappa shape index (κ1) is 16.8. The summed E-state index contributed by atoms with van der Waals surface area (Å²) in [5, 5.41) is 3.60. The molecule has 0 aliphatic carbocycles. The molecule has 2 unspecified atom stereocenters. The highest BCUT2D eigenvalue weighted by atomic mass is 16.2. The summed E-state index contributed by atoms with van der Waals surface area (Å²) in [6.07, 6.45) is 7.45. The van der Waals surface area contributed by atoms with Crippen LogP contribution in [0.5, 0.6) is 0 Å². The molecule has 0 bridgehead atoms. The zero-order chi connectivity index (χ0) is 15.1. The summed E-state index contributed by atoms with van der Waals surface area (Å²) in [5.41, 5.74) is 0. The predicted molar refractivity (Wildman–Crippen MR) is 87.4 cm³/mol. The van der Waals surface area contributed by atoms with Crippen molar-refractivity contribution in [3.05, 3.63) is 0 Å². The number of piperidine rings is 2. The Hall–Kier alpha value is -0.610. The van der Waals surface area contributed by atoms with Gasteiger partial charge in [0, 0.05) is 25.7 Å². The van der Waals surface area contributed by atoms with Gasteiger partial charge in [0.2, 0.25) is 5.91 Å². The third kappa shape index (κ3) is 5.59. The third-order valence-electron chi connectivity index (χ3n) is 4.80. The van der Waals surface area contributed by atoms with Crippen LogP contribution in [0.25, 0.3) is 0 Å². The fraction of sp³-hybridized carbons (Fsp3) is 0.941. The van der Waals surface area contributed by atoms with Crippen LogP contribution in [0.15, 0.2) is 0 Å². The molecule has 1 N–H and O–H groups in total. The maximum absolute atomic E-state index is 12.5. The molecular weight excluding hydrogens is 262 g/mol. The monoisotopic (exact) mass is 295 g/mol. The van der Waals surface area contributed by atoms with E-state index in [-0.39, 0.29) is 0 Å². The lowest BCUT2D eigenvalue weighted by atomic mass is 10.0. The normalized spacial score (nSPS) is 27.1. The van der Waals surface area contributed by atoms with Gasteiger partial charge in [-0.05, 0) is 51.1 Å². The van der Waals surface area contributed by atoms with Crippen LogP contribution in [-0.2, 0) is 4.79 Å². The Bertz CT molecular complexity index is 315. The number of nitrogens with zero attached hydrogens (tertiary/aromatic N) is 2. The van der Waals surface area contributed by atoms with Crippen LogP contribution in [0.4, 0.5) is 0 Å². The Morgan fingerprint density at radius 1 is 1.29 bits per heavy atom. The number of nitrogens with one attached hydrogen (secondary N) is 1. The van der Waals surface area contributed by atoms with Crippen molar-refractivity contribution in [2.24, 2.45) is 5.92 Å². The van der Waals surface area contributed by atoms with E-state index in [4.69, 9.17) is 0 Å². The van der Waals surface area contributed by atoms with Crippen molar-refractivity contribution in [3.63, 3.8) is 0 Å². The van der Waals surface area contributed by atoms with E-state index < -0.39 is 0 Å². The minimum atomic E-state index is 0.339. The Morgan fingerprint density at radius 2 is 2.14 bits per heavy atom. The molecule has 0 aromatic rings. The lowest BCUT2D eigenvalue weighted by molar-refractivity contribution is -0.134.